The molecule has 1 saturated carbocycles. The van der Waals surface area contributed by atoms with Crippen LogP contribution in [0.4, 0.5) is 0 Å². The Morgan fingerprint density at radius 1 is 0.889 bits per heavy atom. The molecular formula is C19H38O6S2. The molecule has 1 fully saturated rings. The normalized spacial score (nSPS) is 24.1. The molecule has 0 aromatic carbocycles. The van der Waals surface area contributed by atoms with Crippen LogP contribution in [0.3, 0.4) is 0 Å². The van der Waals surface area contributed by atoms with Crippen LogP contribution < -0.4 is 0 Å². The van der Waals surface area contributed by atoms with Crippen molar-refractivity contribution < 1.29 is 25.9 Å². The molecule has 1 aliphatic carbocycles. The molecule has 0 saturated heterocycles. The third kappa shape index (κ3) is 11.4. The summed E-state index contributed by atoms with van der Waals surface area (Å²) in [4.78, 5) is 0. The van der Waals surface area contributed by atoms with Gasteiger partial charge >= 0.3 is 0 Å². The molecule has 2 N–H and O–H groups in total. The minimum Gasteiger partial charge on any atom is -0.286 e. The molecule has 162 valence electrons. The Labute approximate surface area is 166 Å². The van der Waals surface area contributed by atoms with Crippen molar-refractivity contribution in [2.24, 2.45) is 29.6 Å². The van der Waals surface area contributed by atoms with Gasteiger partial charge in [-0.05, 0) is 68.1 Å². The molecule has 6 nitrogen and oxygen atoms in total. The first kappa shape index (κ1) is 24.9. The van der Waals surface area contributed by atoms with Crippen molar-refractivity contribution in [2.75, 3.05) is 11.5 Å². The van der Waals surface area contributed by atoms with E-state index in [4.69, 9.17) is 9.11 Å². The van der Waals surface area contributed by atoms with Crippen LogP contribution >= 0.6 is 0 Å². The predicted octanol–water partition coefficient (Wildman–Crippen LogP) is 4.43. The maximum absolute atomic E-state index is 11.0. The molecule has 1 aliphatic rings. The lowest BCUT2D eigenvalue weighted by Gasteiger charge is -2.34. The van der Waals surface area contributed by atoms with Gasteiger partial charge in [-0.3, -0.25) is 9.11 Å². The van der Waals surface area contributed by atoms with Crippen molar-refractivity contribution in [3.05, 3.63) is 0 Å². The average Bonchev–Trinajstić information content (AvgIpc) is 2.49. The van der Waals surface area contributed by atoms with Gasteiger partial charge in [-0.1, -0.05) is 40.0 Å². The van der Waals surface area contributed by atoms with E-state index in [1.807, 2.05) is 0 Å². The van der Waals surface area contributed by atoms with Crippen LogP contribution in [0.5, 0.6) is 0 Å². The maximum Gasteiger partial charge on any atom is 0.264 e. The van der Waals surface area contributed by atoms with E-state index >= 15 is 0 Å². The van der Waals surface area contributed by atoms with Gasteiger partial charge in [0.05, 0.1) is 11.5 Å². The summed E-state index contributed by atoms with van der Waals surface area (Å²) in [6.45, 7) is 6.60. The summed E-state index contributed by atoms with van der Waals surface area (Å²) in [5.74, 6) is 2.26. The molecule has 0 aromatic heterocycles. The number of rotatable bonds is 12. The molecule has 0 radical (unpaired) electrons. The van der Waals surface area contributed by atoms with Gasteiger partial charge in [0.2, 0.25) is 0 Å². The van der Waals surface area contributed by atoms with Gasteiger partial charge in [-0.15, -0.1) is 0 Å². The first-order chi connectivity index (χ1) is 12.4. The molecule has 0 spiro atoms. The SMILES string of the molecule is CC(C)C(CCCS(=O)(=O)O)C(C)CC1CCCC(CCCS(=O)(=O)O)C1. The molecular weight excluding hydrogens is 388 g/mol. The highest BCUT2D eigenvalue weighted by Gasteiger charge is 2.28. The second-order valence-electron chi connectivity index (χ2n) is 8.88. The Morgan fingerprint density at radius 2 is 1.44 bits per heavy atom. The van der Waals surface area contributed by atoms with Crippen molar-refractivity contribution in [1.29, 1.82) is 0 Å². The Morgan fingerprint density at radius 3 is 2.00 bits per heavy atom. The Kier molecular flexibility index (Phi) is 10.2. The second-order valence-corrected chi connectivity index (χ2v) is 12.0. The standard InChI is InChI=1S/C19H38O6S2/c1-15(2)19(10-6-12-27(23,24)25)16(3)13-18-8-4-7-17(14-18)9-5-11-26(20,21)22/h15-19H,4-14H2,1-3H3,(H,20,21,22)(H,23,24,25). The average molecular weight is 427 g/mol. The van der Waals surface area contributed by atoms with E-state index in [9.17, 15) is 16.8 Å². The molecule has 0 aliphatic heterocycles. The molecule has 8 heteroatoms. The van der Waals surface area contributed by atoms with Crippen LogP contribution in [0.15, 0.2) is 0 Å². The summed E-state index contributed by atoms with van der Waals surface area (Å²) in [5, 5.41) is 0. The summed E-state index contributed by atoms with van der Waals surface area (Å²) < 4.78 is 61.5. The zero-order valence-electron chi connectivity index (χ0n) is 17.0. The lowest BCUT2D eigenvalue weighted by Crippen LogP contribution is -2.24. The molecule has 4 unspecified atom stereocenters. The van der Waals surface area contributed by atoms with E-state index in [-0.39, 0.29) is 11.5 Å². The van der Waals surface area contributed by atoms with Crippen molar-refractivity contribution in [3.63, 3.8) is 0 Å². The zero-order valence-corrected chi connectivity index (χ0v) is 18.6. The lowest BCUT2D eigenvalue weighted by atomic mass is 9.71. The van der Waals surface area contributed by atoms with Crippen molar-refractivity contribution in [3.8, 4) is 0 Å². The Hall–Kier alpha value is -0.180. The highest BCUT2D eigenvalue weighted by atomic mass is 32.2. The van der Waals surface area contributed by atoms with Gasteiger partial charge in [0.25, 0.3) is 20.2 Å². The fraction of sp³-hybridized carbons (Fsp3) is 1.00. The molecule has 0 heterocycles. The third-order valence-electron chi connectivity index (χ3n) is 6.14. The summed E-state index contributed by atoms with van der Waals surface area (Å²) in [6.07, 6.45) is 8.42. The van der Waals surface area contributed by atoms with Crippen LogP contribution in [0.2, 0.25) is 0 Å². The van der Waals surface area contributed by atoms with Gasteiger partial charge in [-0.25, -0.2) is 0 Å². The number of hydrogen-bond acceptors (Lipinski definition) is 4. The van der Waals surface area contributed by atoms with E-state index in [0.29, 0.717) is 42.4 Å². The second kappa shape index (κ2) is 11.1. The van der Waals surface area contributed by atoms with Gasteiger partial charge in [0, 0.05) is 0 Å². The molecule has 27 heavy (non-hydrogen) atoms. The topological polar surface area (TPSA) is 109 Å². The smallest absolute Gasteiger partial charge is 0.264 e. The molecule has 4 atom stereocenters. The minimum atomic E-state index is -3.89. The summed E-state index contributed by atoms with van der Waals surface area (Å²) >= 11 is 0. The quantitative estimate of drug-likeness (QED) is 0.447. The van der Waals surface area contributed by atoms with E-state index in [2.05, 4.69) is 20.8 Å². The van der Waals surface area contributed by atoms with E-state index in [0.717, 1.165) is 32.1 Å². The Bertz CT molecular complexity index is 627. The number of hydrogen-bond donors (Lipinski definition) is 2. The van der Waals surface area contributed by atoms with Crippen LogP contribution in [-0.2, 0) is 20.2 Å². The molecule has 1 rings (SSSR count). The third-order valence-corrected chi connectivity index (χ3v) is 7.75. The lowest BCUT2D eigenvalue weighted by molar-refractivity contribution is 0.169. The van der Waals surface area contributed by atoms with Crippen molar-refractivity contribution >= 4 is 20.2 Å². The molecule has 0 amide bonds. The highest BCUT2D eigenvalue weighted by Crippen LogP contribution is 2.38. The van der Waals surface area contributed by atoms with Gasteiger partial charge < -0.3 is 0 Å². The van der Waals surface area contributed by atoms with Gasteiger partial charge in [0.15, 0.2) is 0 Å². The maximum atomic E-state index is 11.0. The van der Waals surface area contributed by atoms with Crippen molar-refractivity contribution in [2.45, 2.75) is 78.6 Å². The minimum absolute atomic E-state index is 0.145. The van der Waals surface area contributed by atoms with Crippen LogP contribution in [0.25, 0.3) is 0 Å². The zero-order chi connectivity index (χ0) is 20.7. The monoisotopic (exact) mass is 426 g/mol. The fourth-order valence-corrected chi connectivity index (χ4v) is 5.97. The van der Waals surface area contributed by atoms with E-state index in [1.165, 1.54) is 12.8 Å². The first-order valence-corrected chi connectivity index (χ1v) is 13.5. The van der Waals surface area contributed by atoms with Crippen molar-refractivity contribution in [1.82, 2.24) is 0 Å². The molecule has 0 aromatic rings. The predicted molar refractivity (Wildman–Crippen MR) is 109 cm³/mol. The van der Waals surface area contributed by atoms with Crippen LogP contribution in [-0.4, -0.2) is 37.4 Å². The fourth-order valence-electron chi connectivity index (χ4n) is 4.91. The largest absolute Gasteiger partial charge is 0.286 e. The van der Waals surface area contributed by atoms with E-state index in [1.54, 1.807) is 0 Å². The summed E-state index contributed by atoms with van der Waals surface area (Å²) in [7, 11) is -7.74. The highest BCUT2D eigenvalue weighted by molar-refractivity contribution is 7.86. The van der Waals surface area contributed by atoms with Crippen LogP contribution in [0.1, 0.15) is 78.6 Å². The van der Waals surface area contributed by atoms with Gasteiger partial charge in [0.1, 0.15) is 0 Å². The van der Waals surface area contributed by atoms with Gasteiger partial charge in [-0.2, -0.15) is 16.8 Å². The Balaban J connectivity index is 2.48. The van der Waals surface area contributed by atoms with Crippen LogP contribution in [0, 0.1) is 29.6 Å². The van der Waals surface area contributed by atoms with E-state index < -0.39 is 20.2 Å². The molecule has 0 bridgehead atoms. The summed E-state index contributed by atoms with van der Waals surface area (Å²) in [5.41, 5.74) is 0. The summed E-state index contributed by atoms with van der Waals surface area (Å²) in [6, 6.07) is 0. The first-order valence-electron chi connectivity index (χ1n) is 10.3.